The number of carbonyl (C=O) groups is 2. The number of hydrogen-bond acceptors (Lipinski definition) is 6. The summed E-state index contributed by atoms with van der Waals surface area (Å²) >= 11 is 1.41. The van der Waals surface area contributed by atoms with Crippen LogP contribution in [0.25, 0.3) is 4.96 Å². The third-order valence-electron chi connectivity index (χ3n) is 5.24. The summed E-state index contributed by atoms with van der Waals surface area (Å²) in [5, 5.41) is 0. The highest BCUT2D eigenvalue weighted by Crippen LogP contribution is 2.27. The Hall–Kier alpha value is -2.13. The van der Waals surface area contributed by atoms with Crippen molar-refractivity contribution in [1.82, 2.24) is 19.2 Å². The Morgan fingerprint density at radius 3 is 2.89 bits per heavy atom. The van der Waals surface area contributed by atoms with Crippen LogP contribution in [0, 0.1) is 6.92 Å². The molecule has 0 N–H and O–H groups in total. The number of likely N-dealkylation sites (tertiary alicyclic amines) is 1. The molecule has 0 bridgehead atoms. The van der Waals surface area contributed by atoms with Crippen LogP contribution in [0.1, 0.15) is 34.6 Å². The number of piperidine rings is 1. The van der Waals surface area contributed by atoms with Crippen molar-refractivity contribution < 1.29 is 19.1 Å². The molecule has 4 heterocycles. The van der Waals surface area contributed by atoms with Gasteiger partial charge in [-0.05, 0) is 26.2 Å². The minimum atomic E-state index is -0.318. The van der Waals surface area contributed by atoms with Crippen LogP contribution < -0.4 is 0 Å². The first-order chi connectivity index (χ1) is 13.1. The van der Waals surface area contributed by atoms with E-state index in [4.69, 9.17) is 9.47 Å². The molecule has 27 heavy (non-hydrogen) atoms. The van der Waals surface area contributed by atoms with E-state index in [2.05, 4.69) is 4.98 Å². The summed E-state index contributed by atoms with van der Waals surface area (Å²) in [4.78, 5) is 34.8. The van der Waals surface area contributed by atoms with E-state index in [1.165, 1.54) is 11.3 Å². The summed E-state index contributed by atoms with van der Waals surface area (Å²) in [6, 6.07) is -0.0786. The van der Waals surface area contributed by atoms with E-state index in [0.29, 0.717) is 37.7 Å². The number of amides is 2. The van der Waals surface area contributed by atoms with Gasteiger partial charge in [0, 0.05) is 37.7 Å². The Balaban J connectivity index is 1.43. The quantitative estimate of drug-likeness (QED) is 0.800. The van der Waals surface area contributed by atoms with E-state index in [0.717, 1.165) is 29.9 Å². The zero-order chi connectivity index (χ0) is 18.8. The van der Waals surface area contributed by atoms with Gasteiger partial charge in [0.1, 0.15) is 11.5 Å². The summed E-state index contributed by atoms with van der Waals surface area (Å²) < 4.78 is 12.7. The van der Waals surface area contributed by atoms with Gasteiger partial charge in [0.05, 0.1) is 19.3 Å². The Bertz CT molecular complexity index is 827. The fourth-order valence-corrected chi connectivity index (χ4v) is 4.71. The summed E-state index contributed by atoms with van der Waals surface area (Å²) in [7, 11) is 0. The normalized spacial score (nSPS) is 20.9. The molecule has 9 heteroatoms. The van der Waals surface area contributed by atoms with Crippen molar-refractivity contribution in [3.05, 3.63) is 23.0 Å². The summed E-state index contributed by atoms with van der Waals surface area (Å²) in [6.45, 7) is 5.07. The molecule has 2 aliphatic rings. The van der Waals surface area contributed by atoms with Gasteiger partial charge < -0.3 is 19.3 Å². The summed E-state index contributed by atoms with van der Waals surface area (Å²) in [6.07, 6.45) is 6.15. The van der Waals surface area contributed by atoms with Crippen molar-refractivity contribution in [1.29, 1.82) is 0 Å². The van der Waals surface area contributed by atoms with Crippen LogP contribution in [0.4, 0.5) is 4.79 Å². The SMILES string of the molecule is Cc1c(C(=O)N2CCCCC2COC(=O)N2CCOCC2)sc2nccn12. The Labute approximate surface area is 161 Å². The number of fused-ring (bicyclic) bond motifs is 1. The zero-order valence-corrected chi connectivity index (χ0v) is 16.2. The maximum absolute atomic E-state index is 13.2. The standard InChI is InChI=1S/C18H24N4O4S/c1-13-15(27-17-19-5-7-21(13)17)16(23)22-6-3-2-4-14(22)12-26-18(24)20-8-10-25-11-9-20/h5,7,14H,2-4,6,8-12H2,1H3. The van der Waals surface area contributed by atoms with Crippen molar-refractivity contribution in [3.63, 3.8) is 0 Å². The molecule has 2 aliphatic heterocycles. The first kappa shape index (κ1) is 18.2. The molecule has 2 amide bonds. The monoisotopic (exact) mass is 392 g/mol. The lowest BCUT2D eigenvalue weighted by Crippen LogP contribution is -2.48. The minimum Gasteiger partial charge on any atom is -0.447 e. The molecule has 0 aromatic carbocycles. The topological polar surface area (TPSA) is 76.4 Å². The van der Waals surface area contributed by atoms with Gasteiger partial charge in [-0.3, -0.25) is 9.20 Å². The van der Waals surface area contributed by atoms with Gasteiger partial charge in [-0.2, -0.15) is 0 Å². The zero-order valence-electron chi connectivity index (χ0n) is 15.4. The lowest BCUT2D eigenvalue weighted by molar-refractivity contribution is 0.0131. The van der Waals surface area contributed by atoms with Crippen molar-refractivity contribution in [2.75, 3.05) is 39.5 Å². The Morgan fingerprint density at radius 1 is 1.30 bits per heavy atom. The maximum Gasteiger partial charge on any atom is 0.409 e. The second kappa shape index (κ2) is 7.85. The molecule has 2 aromatic rings. The third-order valence-corrected chi connectivity index (χ3v) is 6.40. The van der Waals surface area contributed by atoms with Crippen LogP contribution in [0.2, 0.25) is 0 Å². The van der Waals surface area contributed by atoms with E-state index in [-0.39, 0.29) is 24.6 Å². The predicted molar refractivity (Wildman–Crippen MR) is 100 cm³/mol. The number of nitrogens with zero attached hydrogens (tertiary/aromatic N) is 4. The minimum absolute atomic E-state index is 0.00937. The predicted octanol–water partition coefficient (Wildman–Crippen LogP) is 2.17. The number of hydrogen-bond donors (Lipinski definition) is 0. The second-order valence-corrected chi connectivity index (χ2v) is 7.90. The molecule has 146 valence electrons. The number of aryl methyl sites for hydroxylation is 1. The molecule has 4 rings (SSSR count). The molecule has 0 aliphatic carbocycles. The molecule has 2 aromatic heterocycles. The molecule has 2 saturated heterocycles. The number of carbonyl (C=O) groups excluding carboxylic acids is 2. The van der Waals surface area contributed by atoms with Gasteiger partial charge in [-0.1, -0.05) is 11.3 Å². The largest absolute Gasteiger partial charge is 0.447 e. The number of thiazole rings is 1. The number of imidazole rings is 1. The molecule has 1 atom stereocenters. The van der Waals surface area contributed by atoms with Crippen molar-refractivity contribution in [2.24, 2.45) is 0 Å². The molecule has 0 saturated carbocycles. The number of morpholine rings is 1. The van der Waals surface area contributed by atoms with Gasteiger partial charge in [-0.25, -0.2) is 9.78 Å². The van der Waals surface area contributed by atoms with E-state index >= 15 is 0 Å². The van der Waals surface area contributed by atoms with Gasteiger partial charge in [0.25, 0.3) is 5.91 Å². The molecule has 1 unspecified atom stereocenters. The van der Waals surface area contributed by atoms with Crippen LogP contribution in [0.5, 0.6) is 0 Å². The Kier molecular flexibility index (Phi) is 5.31. The highest BCUT2D eigenvalue weighted by atomic mass is 32.1. The summed E-state index contributed by atoms with van der Waals surface area (Å²) in [5.41, 5.74) is 0.909. The van der Waals surface area contributed by atoms with Crippen LogP contribution >= 0.6 is 11.3 Å². The fraction of sp³-hybridized carbons (Fsp3) is 0.611. The summed E-state index contributed by atoms with van der Waals surface area (Å²) in [5.74, 6) is 0.00937. The molecule has 0 spiro atoms. The maximum atomic E-state index is 13.2. The molecular formula is C18H24N4O4S. The number of rotatable bonds is 3. The highest BCUT2D eigenvalue weighted by Gasteiger charge is 2.31. The van der Waals surface area contributed by atoms with E-state index < -0.39 is 0 Å². The number of ether oxygens (including phenoxy) is 2. The van der Waals surface area contributed by atoms with Gasteiger partial charge in [-0.15, -0.1) is 0 Å². The fourth-order valence-electron chi connectivity index (χ4n) is 3.67. The first-order valence-corrected chi connectivity index (χ1v) is 10.2. The Morgan fingerprint density at radius 2 is 2.11 bits per heavy atom. The highest BCUT2D eigenvalue weighted by molar-refractivity contribution is 7.19. The molecule has 2 fully saturated rings. The third kappa shape index (κ3) is 3.66. The molecular weight excluding hydrogens is 368 g/mol. The lowest BCUT2D eigenvalue weighted by Gasteiger charge is -2.35. The van der Waals surface area contributed by atoms with Crippen molar-refractivity contribution in [2.45, 2.75) is 32.2 Å². The van der Waals surface area contributed by atoms with E-state index in [9.17, 15) is 9.59 Å². The van der Waals surface area contributed by atoms with Gasteiger partial charge in [0.15, 0.2) is 4.96 Å². The molecule has 8 nitrogen and oxygen atoms in total. The molecule has 0 radical (unpaired) electrons. The van der Waals surface area contributed by atoms with E-state index in [1.807, 2.05) is 22.4 Å². The van der Waals surface area contributed by atoms with Crippen LogP contribution in [-0.4, -0.2) is 76.7 Å². The van der Waals surface area contributed by atoms with Crippen LogP contribution in [-0.2, 0) is 9.47 Å². The average Bonchev–Trinajstić information content (AvgIpc) is 3.29. The van der Waals surface area contributed by atoms with Crippen molar-refractivity contribution >= 4 is 28.3 Å². The van der Waals surface area contributed by atoms with Crippen LogP contribution in [0.15, 0.2) is 12.4 Å². The van der Waals surface area contributed by atoms with Gasteiger partial charge >= 0.3 is 6.09 Å². The lowest BCUT2D eigenvalue weighted by atomic mass is 10.0. The van der Waals surface area contributed by atoms with Gasteiger partial charge in [0.2, 0.25) is 0 Å². The first-order valence-electron chi connectivity index (χ1n) is 9.38. The van der Waals surface area contributed by atoms with Crippen molar-refractivity contribution in [3.8, 4) is 0 Å². The smallest absolute Gasteiger partial charge is 0.409 e. The van der Waals surface area contributed by atoms with Crippen LogP contribution in [0.3, 0.4) is 0 Å². The van der Waals surface area contributed by atoms with E-state index in [1.54, 1.807) is 11.1 Å². The second-order valence-electron chi connectivity index (χ2n) is 6.92. The average molecular weight is 392 g/mol. The number of aromatic nitrogens is 2.